The Labute approximate surface area is 634 Å². The number of halogens is 10. The van der Waals surface area contributed by atoms with E-state index in [1.165, 1.54) is 35.5 Å². The van der Waals surface area contributed by atoms with E-state index >= 15 is 13.2 Å². The van der Waals surface area contributed by atoms with Crippen molar-refractivity contribution in [2.45, 2.75) is 215 Å². The number of aromatic nitrogens is 2. The number of aryl methyl sites for hydroxylation is 4. The average molecular weight is 1540 g/mol. The number of esters is 2. The topological polar surface area (TPSA) is 183 Å². The van der Waals surface area contributed by atoms with Gasteiger partial charge in [-0.3, -0.25) is 24.0 Å². The molecule has 0 radical (unpaired) electrons. The minimum Gasteiger partial charge on any atom is -0.480 e. The number of likely N-dealkylation sites (tertiary alicyclic amines) is 2. The Kier molecular flexibility index (Phi) is 31.4. The highest BCUT2D eigenvalue weighted by Gasteiger charge is 2.43. The third kappa shape index (κ3) is 22.0. The number of carbonyl (C=O) groups is 4. The van der Waals surface area contributed by atoms with Crippen molar-refractivity contribution in [2.75, 3.05) is 52.5 Å². The summed E-state index contributed by atoms with van der Waals surface area (Å²) in [5.74, 6) is -10.5. The van der Waals surface area contributed by atoms with Gasteiger partial charge in [0, 0.05) is 78.3 Å². The minimum atomic E-state index is -5.21. The summed E-state index contributed by atoms with van der Waals surface area (Å²) >= 11 is 0. The summed E-state index contributed by atoms with van der Waals surface area (Å²) < 4.78 is 161. The first kappa shape index (κ1) is 88.6. The second-order valence-electron chi connectivity index (χ2n) is 29.5. The molecule has 4 aromatic carbocycles. The molecule has 0 bridgehead atoms. The molecule has 0 amide bonds. The van der Waals surface area contributed by atoms with Crippen LogP contribution in [0.2, 0.25) is 0 Å². The van der Waals surface area contributed by atoms with Crippen molar-refractivity contribution in [3.8, 4) is 22.3 Å². The number of aliphatic carboxylic acids is 1. The van der Waals surface area contributed by atoms with Crippen LogP contribution in [0.25, 0.3) is 22.3 Å². The standard InChI is InChI=1S/C41H49F5N2O4.C23H24F5NO2.C17H26N2O3.2H2S/c1-7-52-36(51)20-29(19-34(49)33(17-23(2)3)48-22-28(25(5)18-35(48)50)13-16-47-14-8-15-47)38-39(42)31(21-32(40(38)43)41(44,45)46)37-24(4)9-12-30(26(37)6)27-10-11-27;1-4-31-18(30)10-17(29)20-21(24)15(9-16(22(20)25)23(26,27)28)19-11(2)5-8-14(12(19)3)13-6-7-13;1-12(2)9-15(17(21)22)19-11-14(13(3)10-16(19)20)5-8-18-6-4-7-18;;/h9,12,18,21-23,27,29,33H,7-8,10-11,13-17,19-20H2,1-6H3;5,8-9,13,17H,4,6-7,10,29H2,1-3H3;10-12,15H,4-9H2,1-3H3,(H,21,22);2*1H2/t29-,33?;17-;;;/m00.../s1. The number of carboxylic acids is 1. The summed E-state index contributed by atoms with van der Waals surface area (Å²) in [5.41, 5.74) is 7.41. The Bertz CT molecular complexity index is 4290. The Morgan fingerprint density at radius 1 is 0.542 bits per heavy atom. The van der Waals surface area contributed by atoms with Crippen LogP contribution in [0.5, 0.6) is 0 Å². The van der Waals surface area contributed by atoms with Crippen LogP contribution in [0.15, 0.2) is 70.5 Å². The van der Waals surface area contributed by atoms with E-state index in [-0.39, 0.29) is 92.5 Å². The normalized spacial score (nSPS) is 15.6. The number of hydrogen-bond acceptors (Lipinski definition) is 11. The van der Waals surface area contributed by atoms with Crippen molar-refractivity contribution in [3.63, 3.8) is 0 Å². The molecule has 588 valence electrons. The number of carboxylic acid groups (broad SMARTS) is 1. The first-order chi connectivity index (χ1) is 49.4. The van der Waals surface area contributed by atoms with Crippen LogP contribution in [-0.2, 0) is 53.8 Å². The number of nitrogens with zero attached hydrogens (tertiary/aromatic N) is 4. The molecule has 14 nitrogen and oxygen atoms in total. The minimum absolute atomic E-state index is 0. The van der Waals surface area contributed by atoms with Gasteiger partial charge in [0.05, 0.1) is 43.2 Å². The lowest BCUT2D eigenvalue weighted by atomic mass is 9.82. The van der Waals surface area contributed by atoms with Gasteiger partial charge in [0.25, 0.3) is 11.1 Å². The molecule has 2 aliphatic carbocycles. The van der Waals surface area contributed by atoms with Crippen molar-refractivity contribution >= 4 is 50.7 Å². The molecule has 4 aliphatic rings. The maximum absolute atomic E-state index is 17.0. The summed E-state index contributed by atoms with van der Waals surface area (Å²) in [6.07, 6.45) is -0.703. The van der Waals surface area contributed by atoms with Crippen molar-refractivity contribution in [1.29, 1.82) is 0 Å². The molecule has 3 N–H and O–H groups in total. The van der Waals surface area contributed by atoms with Gasteiger partial charge in [-0.15, -0.1) is 0 Å². The van der Waals surface area contributed by atoms with E-state index in [2.05, 4.69) is 9.80 Å². The van der Waals surface area contributed by atoms with E-state index in [0.717, 1.165) is 111 Å². The molecular formula is C81H103F10N5O9S2. The second kappa shape index (κ2) is 37.9. The Hall–Kier alpha value is -7.26. The lowest BCUT2D eigenvalue weighted by molar-refractivity contribution is -0.144. The first-order valence-electron chi connectivity index (χ1n) is 36.5. The summed E-state index contributed by atoms with van der Waals surface area (Å²) in [6, 6.07) is 7.76. The van der Waals surface area contributed by atoms with Gasteiger partial charge in [0.2, 0.25) is 0 Å². The summed E-state index contributed by atoms with van der Waals surface area (Å²) in [6.45, 7) is 27.2. The predicted molar refractivity (Wildman–Crippen MR) is 404 cm³/mol. The number of hydrogen-bond donors (Lipinski definition) is 2. The molecule has 2 saturated carbocycles. The zero-order chi connectivity index (χ0) is 77.4. The van der Waals surface area contributed by atoms with Crippen LogP contribution in [0.4, 0.5) is 43.9 Å². The maximum Gasteiger partial charge on any atom is 0.419 e. The molecular weight excluding hydrogens is 1440 g/mol. The van der Waals surface area contributed by atoms with Gasteiger partial charge in [-0.05, 0) is 248 Å². The molecule has 107 heavy (non-hydrogen) atoms. The molecule has 2 saturated heterocycles. The molecule has 26 heteroatoms. The molecule has 0 spiro atoms. The Balaban J connectivity index is 0.000000276. The fourth-order valence-corrected chi connectivity index (χ4v) is 14.4. The second-order valence-corrected chi connectivity index (χ2v) is 29.5. The quantitative estimate of drug-likeness (QED) is 0.0351. The number of pyridine rings is 2. The van der Waals surface area contributed by atoms with Crippen molar-refractivity contribution < 1.29 is 77.7 Å². The van der Waals surface area contributed by atoms with Crippen LogP contribution >= 0.6 is 27.0 Å². The molecule has 6 aromatic rings. The van der Waals surface area contributed by atoms with E-state index in [4.69, 9.17) is 15.2 Å². The van der Waals surface area contributed by atoms with E-state index in [1.807, 2.05) is 53.7 Å². The molecule has 4 heterocycles. The molecule has 4 atom stereocenters. The highest BCUT2D eigenvalue weighted by Crippen LogP contribution is 2.50. The summed E-state index contributed by atoms with van der Waals surface area (Å²) in [4.78, 5) is 80.9. The number of nitrogens with two attached hydrogens (primary N) is 1. The van der Waals surface area contributed by atoms with Crippen LogP contribution in [0.1, 0.15) is 226 Å². The largest absolute Gasteiger partial charge is 0.480 e. The van der Waals surface area contributed by atoms with Crippen molar-refractivity contribution in [2.24, 2.45) is 17.6 Å². The monoisotopic (exact) mass is 1540 g/mol. The van der Waals surface area contributed by atoms with Gasteiger partial charge in [-0.1, -0.05) is 52.0 Å². The van der Waals surface area contributed by atoms with Gasteiger partial charge < -0.3 is 39.2 Å². The predicted octanol–water partition coefficient (Wildman–Crippen LogP) is 17.5. The molecule has 2 unspecified atom stereocenters. The zero-order valence-corrected chi connectivity index (χ0v) is 65.1. The number of Topliss-reactive ketones (excluding diaryl/α,β-unsaturated/α-hetero) is 1. The van der Waals surface area contributed by atoms with Crippen molar-refractivity contribution in [3.05, 3.63) is 183 Å². The number of carbonyl (C=O) groups excluding carboxylic acids is 3. The first-order valence-corrected chi connectivity index (χ1v) is 36.5. The molecule has 2 aromatic heterocycles. The molecule has 4 fully saturated rings. The number of ketones is 1. The molecule has 2 aliphatic heterocycles. The van der Waals surface area contributed by atoms with Crippen LogP contribution in [-0.4, -0.2) is 100 Å². The highest BCUT2D eigenvalue weighted by atomic mass is 32.1. The average Bonchev–Trinajstić information content (AvgIpc) is 1.74. The lowest BCUT2D eigenvalue weighted by Gasteiger charge is -2.31. The summed E-state index contributed by atoms with van der Waals surface area (Å²) in [5, 5.41) is 9.46. The molecule has 10 rings (SSSR count). The van der Waals surface area contributed by atoms with E-state index in [9.17, 15) is 64.6 Å². The lowest BCUT2D eigenvalue weighted by Crippen LogP contribution is -2.38. The SMILES string of the molecule is CCOC(=O)C[C@H](CC(=O)C(CC(C)C)n1cc(CCN2CCC2)c(C)cc1=O)c1c(F)c(-c2c(C)ccc(C3CC3)c2C)cc(C(F)(F)F)c1F.CCOC(=O)C[C@H](N)c1c(F)c(-c2c(C)ccc(C3CC3)c2C)cc(C(F)(F)F)c1F.Cc1cc(=O)n(C(CC(C)C)C(=O)O)cc1CCN1CCC1.S.S. The van der Waals surface area contributed by atoms with Crippen molar-refractivity contribution in [1.82, 2.24) is 18.9 Å². The summed E-state index contributed by atoms with van der Waals surface area (Å²) in [7, 11) is 0. The van der Waals surface area contributed by atoms with Gasteiger partial charge in [-0.25, -0.2) is 22.4 Å². The van der Waals surface area contributed by atoms with E-state index in [0.29, 0.717) is 47.2 Å². The number of rotatable bonds is 28. The van der Waals surface area contributed by atoms with E-state index in [1.54, 1.807) is 58.3 Å². The smallest absolute Gasteiger partial charge is 0.419 e. The fourth-order valence-electron chi connectivity index (χ4n) is 14.4. The maximum atomic E-state index is 17.0. The van der Waals surface area contributed by atoms with Gasteiger partial charge in [0.15, 0.2) is 5.78 Å². The third-order valence-corrected chi connectivity index (χ3v) is 20.5. The Morgan fingerprint density at radius 2 is 0.925 bits per heavy atom. The van der Waals surface area contributed by atoms with Crippen LogP contribution in [0.3, 0.4) is 0 Å². The van der Waals surface area contributed by atoms with Crippen LogP contribution in [0, 0.1) is 76.6 Å². The van der Waals surface area contributed by atoms with Crippen LogP contribution < -0.4 is 16.9 Å². The van der Waals surface area contributed by atoms with Gasteiger partial charge in [-0.2, -0.15) is 53.3 Å². The van der Waals surface area contributed by atoms with Gasteiger partial charge >= 0.3 is 30.3 Å². The number of benzene rings is 4. The zero-order valence-electron chi connectivity index (χ0n) is 63.1. The highest BCUT2D eigenvalue weighted by molar-refractivity contribution is 7.59. The van der Waals surface area contributed by atoms with Gasteiger partial charge in [0.1, 0.15) is 29.3 Å². The number of alkyl halides is 6. The third-order valence-electron chi connectivity index (χ3n) is 20.5. The fraction of sp³-hybridized carbons (Fsp3) is 0.531. The Morgan fingerprint density at radius 3 is 1.29 bits per heavy atom. The van der Waals surface area contributed by atoms with E-state index < -0.39 is 136 Å². The number of ether oxygens (including phenoxy) is 2.